The van der Waals surface area contributed by atoms with Gasteiger partial charge >= 0.3 is 11.9 Å². The third-order valence-corrected chi connectivity index (χ3v) is 10.6. The molecule has 3 bridgehead atoms. The van der Waals surface area contributed by atoms with Gasteiger partial charge < -0.3 is 28.4 Å². The maximum atomic E-state index is 13.4. The minimum atomic E-state index is -0.972. The number of aryl methyl sites for hydroxylation is 1. The van der Waals surface area contributed by atoms with Crippen LogP contribution < -0.4 is 4.74 Å². The molecule has 3 aliphatic rings. The molecule has 8 nitrogen and oxygen atoms in total. The summed E-state index contributed by atoms with van der Waals surface area (Å²) in [4.78, 5) is 26.6. The highest BCUT2D eigenvalue weighted by atomic mass is 16.7. The first-order chi connectivity index (χ1) is 24.2. The second kappa shape index (κ2) is 16.5. The molecule has 6 atom stereocenters. The zero-order valence-corrected chi connectivity index (χ0v) is 29.7. The van der Waals surface area contributed by atoms with Crippen LogP contribution in [0.4, 0.5) is 0 Å². The van der Waals surface area contributed by atoms with Gasteiger partial charge in [0.15, 0.2) is 5.79 Å². The number of hydrogen-bond donors (Lipinski definition) is 0. The molecule has 3 heterocycles. The highest BCUT2D eigenvalue weighted by Crippen LogP contribution is 2.53. The standard InChI is InChI=1S/C42H52O8/c1-30-37(20-11-10-13-31-18-12-19-34(23-31)46-28-33-16-8-5-9-17-33)50-42-26-38(30)48-40(44)25-36(29-45-27-32-14-6-4-7-15-32)47-39(43)24-35(49-42)21-22-41(42,2)3/h4-9,12,14-19,23,30,35-38H,10-11,13,20-22,24-29H2,1-3H3/t30-,35-,36-,37-,38+,42-/m1/s1. The summed E-state index contributed by atoms with van der Waals surface area (Å²) >= 11 is 0. The molecule has 1 spiro atoms. The Morgan fingerprint density at radius 2 is 1.48 bits per heavy atom. The monoisotopic (exact) mass is 684 g/mol. The van der Waals surface area contributed by atoms with E-state index >= 15 is 0 Å². The normalized spacial score (nSPS) is 28.0. The minimum Gasteiger partial charge on any atom is -0.489 e. The molecular weight excluding hydrogens is 632 g/mol. The van der Waals surface area contributed by atoms with Crippen molar-refractivity contribution >= 4 is 11.9 Å². The van der Waals surface area contributed by atoms with Gasteiger partial charge in [0, 0.05) is 17.8 Å². The molecule has 0 amide bonds. The van der Waals surface area contributed by atoms with Crippen molar-refractivity contribution in [1.82, 2.24) is 0 Å². The summed E-state index contributed by atoms with van der Waals surface area (Å²) in [5, 5.41) is 0. The van der Waals surface area contributed by atoms with Gasteiger partial charge in [0.05, 0.1) is 38.3 Å². The van der Waals surface area contributed by atoms with Crippen molar-refractivity contribution in [3.8, 4) is 5.75 Å². The minimum absolute atomic E-state index is 0.0302. The zero-order valence-electron chi connectivity index (χ0n) is 29.7. The largest absolute Gasteiger partial charge is 0.489 e. The lowest BCUT2D eigenvalue weighted by molar-refractivity contribution is -0.381. The van der Waals surface area contributed by atoms with Gasteiger partial charge in [-0.3, -0.25) is 9.59 Å². The highest BCUT2D eigenvalue weighted by molar-refractivity contribution is 5.73. The number of hydrogen-bond acceptors (Lipinski definition) is 8. The number of carbonyl (C=O) groups excluding carboxylic acids is 2. The fourth-order valence-corrected chi connectivity index (χ4v) is 7.46. The van der Waals surface area contributed by atoms with Gasteiger partial charge in [-0.15, -0.1) is 0 Å². The van der Waals surface area contributed by atoms with Crippen LogP contribution in [-0.2, 0) is 52.9 Å². The second-order valence-electron chi connectivity index (χ2n) is 14.9. The summed E-state index contributed by atoms with van der Waals surface area (Å²) in [6.07, 6.45) is 4.03. The molecule has 3 aromatic rings. The van der Waals surface area contributed by atoms with Crippen molar-refractivity contribution in [2.24, 2.45) is 11.3 Å². The highest BCUT2D eigenvalue weighted by Gasteiger charge is 2.58. The van der Waals surface area contributed by atoms with E-state index in [2.05, 4.69) is 45.0 Å². The van der Waals surface area contributed by atoms with Gasteiger partial charge in [-0.05, 0) is 60.9 Å². The average Bonchev–Trinajstić information content (AvgIpc) is 3.10. The SMILES string of the molecule is C[C@H]1[C@@H]2C[C@@]3(O[C@H](CCC3(C)C)CC(=O)O[C@@H](COCc3ccccc3)CC(=O)O2)O[C@@H]1CCCCc1cccc(OCc2ccccc2)c1. The summed E-state index contributed by atoms with van der Waals surface area (Å²) in [6.45, 7) is 7.44. The molecule has 50 heavy (non-hydrogen) atoms. The van der Waals surface area contributed by atoms with Crippen LogP contribution >= 0.6 is 0 Å². The summed E-state index contributed by atoms with van der Waals surface area (Å²) in [6, 6.07) is 28.3. The van der Waals surface area contributed by atoms with Crippen molar-refractivity contribution in [3.63, 3.8) is 0 Å². The van der Waals surface area contributed by atoms with E-state index in [0.717, 1.165) is 55.4 Å². The van der Waals surface area contributed by atoms with E-state index in [1.54, 1.807) is 0 Å². The van der Waals surface area contributed by atoms with Crippen LogP contribution in [0.25, 0.3) is 0 Å². The zero-order chi connectivity index (χ0) is 35.0. The predicted molar refractivity (Wildman–Crippen MR) is 189 cm³/mol. The van der Waals surface area contributed by atoms with E-state index in [9.17, 15) is 9.59 Å². The Hall–Kier alpha value is -3.72. The van der Waals surface area contributed by atoms with Gasteiger partial charge in [0.2, 0.25) is 0 Å². The molecule has 3 fully saturated rings. The molecule has 3 saturated heterocycles. The smallest absolute Gasteiger partial charge is 0.309 e. The number of carbonyl (C=O) groups is 2. The van der Waals surface area contributed by atoms with Crippen molar-refractivity contribution in [2.75, 3.05) is 6.61 Å². The van der Waals surface area contributed by atoms with Crippen LogP contribution in [0.5, 0.6) is 5.75 Å². The molecule has 0 unspecified atom stereocenters. The maximum Gasteiger partial charge on any atom is 0.309 e. The quantitative estimate of drug-likeness (QED) is 0.140. The Balaban J connectivity index is 1.09. The Kier molecular flexibility index (Phi) is 11.9. The van der Waals surface area contributed by atoms with Crippen LogP contribution in [0.3, 0.4) is 0 Å². The number of fused-ring (bicyclic) bond motifs is 2. The fraction of sp³-hybridized carbons (Fsp3) is 0.524. The molecule has 0 aromatic heterocycles. The fourth-order valence-electron chi connectivity index (χ4n) is 7.46. The Labute approximate surface area is 296 Å². The Morgan fingerprint density at radius 1 is 0.780 bits per heavy atom. The number of esters is 2. The van der Waals surface area contributed by atoms with Gasteiger partial charge in [-0.25, -0.2) is 0 Å². The first-order valence-corrected chi connectivity index (χ1v) is 18.3. The summed E-state index contributed by atoms with van der Waals surface area (Å²) in [7, 11) is 0. The lowest BCUT2D eigenvalue weighted by atomic mass is 9.70. The third-order valence-electron chi connectivity index (χ3n) is 10.6. The van der Waals surface area contributed by atoms with E-state index in [0.29, 0.717) is 19.6 Å². The molecule has 0 aliphatic carbocycles. The van der Waals surface area contributed by atoms with Crippen molar-refractivity contribution < 1.29 is 38.0 Å². The van der Waals surface area contributed by atoms with Gasteiger partial charge in [0.25, 0.3) is 0 Å². The lowest BCUT2D eigenvalue weighted by Crippen LogP contribution is -2.63. The van der Waals surface area contributed by atoms with Crippen LogP contribution in [-0.4, -0.2) is 48.7 Å². The van der Waals surface area contributed by atoms with Crippen molar-refractivity contribution in [1.29, 1.82) is 0 Å². The van der Waals surface area contributed by atoms with E-state index in [-0.39, 0.29) is 43.0 Å². The summed E-state index contributed by atoms with van der Waals surface area (Å²) in [5.74, 6) is -0.940. The van der Waals surface area contributed by atoms with E-state index in [1.807, 2.05) is 60.7 Å². The number of unbranched alkanes of at least 4 members (excludes halogenated alkanes) is 1. The molecule has 0 saturated carbocycles. The molecule has 8 heteroatoms. The molecule has 0 radical (unpaired) electrons. The molecule has 3 aliphatic heterocycles. The van der Waals surface area contributed by atoms with Crippen LogP contribution in [0.15, 0.2) is 84.9 Å². The molecule has 6 rings (SSSR count). The van der Waals surface area contributed by atoms with Gasteiger partial charge in [-0.1, -0.05) is 100.0 Å². The summed E-state index contributed by atoms with van der Waals surface area (Å²) < 4.78 is 37.7. The first-order valence-electron chi connectivity index (χ1n) is 18.3. The van der Waals surface area contributed by atoms with Crippen LogP contribution in [0.1, 0.15) is 88.8 Å². The second-order valence-corrected chi connectivity index (χ2v) is 14.9. The number of ether oxygens (including phenoxy) is 6. The van der Waals surface area contributed by atoms with Crippen molar-refractivity contribution in [3.05, 3.63) is 102 Å². The molecule has 3 aromatic carbocycles. The predicted octanol–water partition coefficient (Wildman–Crippen LogP) is 8.14. The summed E-state index contributed by atoms with van der Waals surface area (Å²) in [5.41, 5.74) is 3.05. The van der Waals surface area contributed by atoms with Crippen LogP contribution in [0, 0.1) is 11.3 Å². The average molecular weight is 685 g/mol. The van der Waals surface area contributed by atoms with E-state index in [1.165, 1.54) is 5.56 Å². The lowest BCUT2D eigenvalue weighted by Gasteiger charge is -2.57. The molecule has 0 N–H and O–H groups in total. The van der Waals surface area contributed by atoms with E-state index in [4.69, 9.17) is 28.4 Å². The molecule has 268 valence electrons. The van der Waals surface area contributed by atoms with E-state index < -0.39 is 29.9 Å². The number of rotatable bonds is 12. The maximum absolute atomic E-state index is 13.4. The van der Waals surface area contributed by atoms with Crippen molar-refractivity contribution in [2.45, 2.75) is 122 Å². The third kappa shape index (κ3) is 9.33. The Morgan fingerprint density at radius 3 is 2.24 bits per heavy atom. The first kappa shape index (κ1) is 36.1. The topological polar surface area (TPSA) is 89.5 Å². The Bertz CT molecular complexity index is 1540. The van der Waals surface area contributed by atoms with Gasteiger partial charge in [-0.2, -0.15) is 0 Å². The number of benzene rings is 3. The number of cyclic esters (lactones) is 1. The molecular formula is C42H52O8. The van der Waals surface area contributed by atoms with Gasteiger partial charge in [0.1, 0.15) is 24.6 Å². The van der Waals surface area contributed by atoms with Crippen LogP contribution in [0.2, 0.25) is 0 Å².